The zero-order valence-corrected chi connectivity index (χ0v) is 11.6. The number of hydrogen-bond acceptors (Lipinski definition) is 2. The molecule has 1 aromatic heterocycles. The maximum atomic E-state index is 13.1. The topological polar surface area (TPSA) is 48.0 Å². The van der Waals surface area contributed by atoms with Crippen molar-refractivity contribution in [2.45, 2.75) is 38.8 Å². The van der Waals surface area contributed by atoms with E-state index in [9.17, 15) is 9.50 Å². The van der Waals surface area contributed by atoms with Crippen LogP contribution in [0.5, 0.6) is 0 Å². The van der Waals surface area contributed by atoms with Crippen LogP contribution in [0.25, 0.3) is 10.9 Å². The molecule has 0 spiro atoms. The Morgan fingerprint density at radius 1 is 1.42 bits per heavy atom. The van der Waals surface area contributed by atoms with Crippen molar-refractivity contribution < 1.29 is 9.50 Å². The standard InChI is InChI=1S/C15H21FN2O/c1-10(15(2,3)19)17-7-6-11-9-18-14-8-12(16)4-5-13(11)14/h4-5,8-10,17-19H,6-7H2,1-3H3. The largest absolute Gasteiger partial charge is 0.389 e. The second-order valence-corrected chi connectivity index (χ2v) is 5.58. The zero-order chi connectivity index (χ0) is 14.0. The van der Waals surface area contributed by atoms with Crippen LogP contribution in [0.15, 0.2) is 24.4 Å². The lowest BCUT2D eigenvalue weighted by Gasteiger charge is -2.26. The van der Waals surface area contributed by atoms with Crippen LogP contribution in [0, 0.1) is 5.82 Å². The molecule has 3 N–H and O–H groups in total. The first kappa shape index (κ1) is 14.0. The second-order valence-electron chi connectivity index (χ2n) is 5.58. The van der Waals surface area contributed by atoms with E-state index < -0.39 is 5.60 Å². The van der Waals surface area contributed by atoms with E-state index in [4.69, 9.17) is 0 Å². The molecule has 0 amide bonds. The minimum atomic E-state index is -0.733. The number of nitrogens with one attached hydrogen (secondary N) is 2. The molecule has 0 aliphatic carbocycles. The van der Waals surface area contributed by atoms with E-state index >= 15 is 0 Å². The van der Waals surface area contributed by atoms with E-state index in [1.54, 1.807) is 19.9 Å². The van der Waals surface area contributed by atoms with E-state index in [2.05, 4.69) is 10.3 Å². The van der Waals surface area contributed by atoms with E-state index in [1.165, 1.54) is 12.1 Å². The smallest absolute Gasteiger partial charge is 0.125 e. The van der Waals surface area contributed by atoms with Gasteiger partial charge in [-0.3, -0.25) is 0 Å². The lowest BCUT2D eigenvalue weighted by atomic mass is 10.0. The third-order valence-electron chi connectivity index (χ3n) is 3.63. The summed E-state index contributed by atoms with van der Waals surface area (Å²) < 4.78 is 13.1. The van der Waals surface area contributed by atoms with Gasteiger partial charge in [0.05, 0.1) is 5.60 Å². The van der Waals surface area contributed by atoms with Gasteiger partial charge < -0.3 is 15.4 Å². The zero-order valence-electron chi connectivity index (χ0n) is 11.6. The molecule has 0 radical (unpaired) electrons. The normalized spacial score (nSPS) is 13.9. The molecule has 0 aliphatic heterocycles. The first-order chi connectivity index (χ1) is 8.88. The Bertz CT molecular complexity index is 557. The molecule has 19 heavy (non-hydrogen) atoms. The fourth-order valence-corrected chi connectivity index (χ4v) is 2.04. The SMILES string of the molecule is CC(NCCc1c[nH]c2cc(F)ccc12)C(C)(C)O. The van der Waals surface area contributed by atoms with Crippen LogP contribution in [0.2, 0.25) is 0 Å². The van der Waals surface area contributed by atoms with Gasteiger partial charge in [-0.25, -0.2) is 4.39 Å². The number of H-pyrrole nitrogens is 1. The number of fused-ring (bicyclic) bond motifs is 1. The van der Waals surface area contributed by atoms with Gasteiger partial charge in [0, 0.05) is 23.1 Å². The minimum absolute atomic E-state index is 0.0233. The molecular formula is C15H21FN2O. The third-order valence-corrected chi connectivity index (χ3v) is 3.63. The van der Waals surface area contributed by atoms with Gasteiger partial charge in [-0.2, -0.15) is 0 Å². The first-order valence-electron chi connectivity index (χ1n) is 6.59. The number of halogens is 1. The molecule has 0 saturated carbocycles. The second kappa shape index (κ2) is 5.31. The Balaban J connectivity index is 1.99. The van der Waals surface area contributed by atoms with Gasteiger partial charge in [0.25, 0.3) is 0 Å². The highest BCUT2D eigenvalue weighted by Crippen LogP contribution is 2.19. The fourth-order valence-electron chi connectivity index (χ4n) is 2.04. The predicted molar refractivity (Wildman–Crippen MR) is 75.7 cm³/mol. The average molecular weight is 264 g/mol. The third kappa shape index (κ3) is 3.33. The van der Waals surface area contributed by atoms with Gasteiger partial charge in [0.15, 0.2) is 0 Å². The Hall–Kier alpha value is -1.39. The minimum Gasteiger partial charge on any atom is -0.389 e. The fraction of sp³-hybridized carbons (Fsp3) is 0.467. The average Bonchev–Trinajstić information content (AvgIpc) is 2.70. The van der Waals surface area contributed by atoms with Crippen molar-refractivity contribution in [1.29, 1.82) is 0 Å². The van der Waals surface area contributed by atoms with Crippen LogP contribution < -0.4 is 5.32 Å². The highest BCUT2D eigenvalue weighted by molar-refractivity contribution is 5.83. The lowest BCUT2D eigenvalue weighted by Crippen LogP contribution is -2.45. The number of hydrogen-bond donors (Lipinski definition) is 3. The summed E-state index contributed by atoms with van der Waals surface area (Å²) in [5.41, 5.74) is 1.25. The van der Waals surface area contributed by atoms with E-state index in [-0.39, 0.29) is 11.9 Å². The van der Waals surface area contributed by atoms with E-state index in [0.717, 1.165) is 29.4 Å². The number of rotatable bonds is 5. The number of aromatic amines is 1. The predicted octanol–water partition coefficient (Wildman–Crippen LogP) is 2.60. The molecule has 1 aromatic carbocycles. The Morgan fingerprint density at radius 2 is 2.16 bits per heavy atom. The van der Waals surface area contributed by atoms with Crippen LogP contribution in [-0.4, -0.2) is 28.3 Å². The van der Waals surface area contributed by atoms with Crippen molar-refractivity contribution in [3.8, 4) is 0 Å². The monoisotopic (exact) mass is 264 g/mol. The summed E-state index contributed by atoms with van der Waals surface area (Å²) in [4.78, 5) is 3.08. The van der Waals surface area contributed by atoms with Crippen molar-refractivity contribution in [3.63, 3.8) is 0 Å². The summed E-state index contributed by atoms with van der Waals surface area (Å²) in [6.45, 7) is 6.32. The number of aliphatic hydroxyl groups is 1. The maximum absolute atomic E-state index is 13.1. The Morgan fingerprint density at radius 3 is 2.84 bits per heavy atom. The highest BCUT2D eigenvalue weighted by Gasteiger charge is 2.21. The molecule has 1 heterocycles. The molecule has 4 heteroatoms. The van der Waals surface area contributed by atoms with Gasteiger partial charge in [-0.1, -0.05) is 0 Å². The van der Waals surface area contributed by atoms with Crippen LogP contribution >= 0.6 is 0 Å². The summed E-state index contributed by atoms with van der Waals surface area (Å²) >= 11 is 0. The lowest BCUT2D eigenvalue weighted by molar-refractivity contribution is 0.0446. The quantitative estimate of drug-likeness (QED) is 0.777. The maximum Gasteiger partial charge on any atom is 0.125 e. The molecule has 1 atom stereocenters. The Kier molecular flexibility index (Phi) is 3.92. The highest BCUT2D eigenvalue weighted by atomic mass is 19.1. The molecule has 1 unspecified atom stereocenters. The molecule has 0 bridgehead atoms. The van der Waals surface area contributed by atoms with Crippen molar-refractivity contribution in [3.05, 3.63) is 35.8 Å². The number of aromatic nitrogens is 1. The molecule has 2 rings (SSSR count). The van der Waals surface area contributed by atoms with Crippen LogP contribution in [0.1, 0.15) is 26.3 Å². The van der Waals surface area contributed by atoms with Crippen molar-refractivity contribution in [2.75, 3.05) is 6.54 Å². The van der Waals surface area contributed by atoms with Crippen LogP contribution in [-0.2, 0) is 6.42 Å². The summed E-state index contributed by atoms with van der Waals surface area (Å²) in [5.74, 6) is -0.227. The van der Waals surface area contributed by atoms with E-state index in [0.29, 0.717) is 0 Å². The summed E-state index contributed by atoms with van der Waals surface area (Å²) in [5, 5.41) is 14.2. The van der Waals surface area contributed by atoms with Gasteiger partial charge >= 0.3 is 0 Å². The Labute approximate surface area is 112 Å². The van der Waals surface area contributed by atoms with Crippen molar-refractivity contribution >= 4 is 10.9 Å². The first-order valence-corrected chi connectivity index (χ1v) is 6.59. The molecule has 0 aliphatic rings. The van der Waals surface area contributed by atoms with Gasteiger partial charge in [-0.05, 0) is 57.5 Å². The molecule has 2 aromatic rings. The molecule has 104 valence electrons. The molecule has 0 fully saturated rings. The van der Waals surface area contributed by atoms with Gasteiger partial charge in [0.1, 0.15) is 5.82 Å². The summed E-state index contributed by atoms with van der Waals surface area (Å²) in [6.07, 6.45) is 2.76. The van der Waals surface area contributed by atoms with E-state index in [1.807, 2.05) is 13.1 Å². The van der Waals surface area contributed by atoms with Crippen LogP contribution in [0.3, 0.4) is 0 Å². The summed E-state index contributed by atoms with van der Waals surface area (Å²) in [7, 11) is 0. The van der Waals surface area contributed by atoms with Crippen molar-refractivity contribution in [2.24, 2.45) is 0 Å². The molecule has 0 saturated heterocycles. The van der Waals surface area contributed by atoms with Crippen molar-refractivity contribution in [1.82, 2.24) is 10.3 Å². The van der Waals surface area contributed by atoms with Gasteiger partial charge in [0.2, 0.25) is 0 Å². The molecular weight excluding hydrogens is 243 g/mol. The molecule has 3 nitrogen and oxygen atoms in total. The number of benzene rings is 1. The van der Waals surface area contributed by atoms with Gasteiger partial charge in [-0.15, -0.1) is 0 Å². The van der Waals surface area contributed by atoms with Crippen LogP contribution in [0.4, 0.5) is 4.39 Å². The summed E-state index contributed by atoms with van der Waals surface area (Å²) in [6, 6.07) is 4.81.